The maximum Gasteiger partial charge on any atom is 0.166 e. The Bertz CT molecular complexity index is 369. The number of carbonyl (C=O) groups excluding carboxylic acids is 1. The number of ether oxygens (including phenoxy) is 1. The monoisotopic (exact) mass is 204 g/mol. The summed E-state index contributed by atoms with van der Waals surface area (Å²) < 4.78 is 5.33. The van der Waals surface area contributed by atoms with Crippen molar-refractivity contribution < 1.29 is 9.53 Å². The Hall–Kier alpha value is -1.15. The van der Waals surface area contributed by atoms with E-state index in [1.165, 1.54) is 11.1 Å². The van der Waals surface area contributed by atoms with Crippen molar-refractivity contribution in [2.24, 2.45) is 0 Å². The van der Waals surface area contributed by atoms with E-state index >= 15 is 0 Å². The van der Waals surface area contributed by atoms with Crippen molar-refractivity contribution in [1.29, 1.82) is 0 Å². The highest BCUT2D eigenvalue weighted by Gasteiger charge is 2.31. The van der Waals surface area contributed by atoms with E-state index in [2.05, 4.69) is 6.07 Å². The largest absolute Gasteiger partial charge is 0.371 e. The Balaban J connectivity index is 1.96. The molecule has 0 aromatic heterocycles. The number of hydrogen-bond donors (Lipinski definition) is 0. The number of Topliss-reactive ketones (excluding diaryl/α,β-unsaturated/α-hetero) is 1. The number of hydrogen-bond acceptors (Lipinski definition) is 2. The van der Waals surface area contributed by atoms with Crippen LogP contribution in [0.15, 0.2) is 24.3 Å². The molecule has 0 heterocycles. The van der Waals surface area contributed by atoms with Gasteiger partial charge in [-0.05, 0) is 31.4 Å². The molecule has 0 fully saturated rings. The fraction of sp³-hybridized carbons (Fsp3) is 0.462. The lowest BCUT2D eigenvalue weighted by Gasteiger charge is -2.28. The Morgan fingerprint density at radius 3 is 2.87 bits per heavy atom. The van der Waals surface area contributed by atoms with Gasteiger partial charge in [0.2, 0.25) is 0 Å². The Morgan fingerprint density at radius 2 is 2.20 bits per heavy atom. The normalized spacial score (nSPS) is 18.5. The van der Waals surface area contributed by atoms with Crippen LogP contribution in [0.4, 0.5) is 0 Å². The summed E-state index contributed by atoms with van der Waals surface area (Å²) in [6.45, 7) is 4.14. The van der Waals surface area contributed by atoms with Crippen LogP contribution in [0.5, 0.6) is 0 Å². The fourth-order valence-electron chi connectivity index (χ4n) is 1.90. The summed E-state index contributed by atoms with van der Waals surface area (Å²) >= 11 is 0. The zero-order valence-corrected chi connectivity index (χ0v) is 9.19. The fourth-order valence-corrected chi connectivity index (χ4v) is 1.90. The lowest BCUT2D eigenvalue weighted by molar-refractivity contribution is -0.127. The first-order valence-electron chi connectivity index (χ1n) is 5.40. The van der Waals surface area contributed by atoms with Gasteiger partial charge in [-0.2, -0.15) is 0 Å². The molecule has 15 heavy (non-hydrogen) atoms. The smallest absolute Gasteiger partial charge is 0.166 e. The first-order chi connectivity index (χ1) is 7.18. The van der Waals surface area contributed by atoms with E-state index in [4.69, 9.17) is 4.74 Å². The molecular weight excluding hydrogens is 188 g/mol. The van der Waals surface area contributed by atoms with E-state index in [9.17, 15) is 4.79 Å². The maximum absolute atomic E-state index is 11.8. The van der Waals surface area contributed by atoms with E-state index in [1.807, 2.05) is 32.0 Å². The molecule has 1 aliphatic rings. The Morgan fingerprint density at radius 1 is 1.47 bits per heavy atom. The lowest BCUT2D eigenvalue weighted by atomic mass is 9.75. The molecule has 80 valence electrons. The number of carbonyl (C=O) groups is 1. The molecule has 0 N–H and O–H groups in total. The van der Waals surface area contributed by atoms with Gasteiger partial charge in [0.25, 0.3) is 0 Å². The molecule has 0 saturated carbocycles. The minimum Gasteiger partial charge on any atom is -0.371 e. The summed E-state index contributed by atoms with van der Waals surface area (Å²) in [5, 5.41) is 0. The molecule has 1 unspecified atom stereocenters. The summed E-state index contributed by atoms with van der Waals surface area (Å²) in [6.07, 6.45) is 1.01. The van der Waals surface area contributed by atoms with Gasteiger partial charge in [0, 0.05) is 5.92 Å². The second-order valence-electron chi connectivity index (χ2n) is 4.28. The highest BCUT2D eigenvalue weighted by molar-refractivity contribution is 5.89. The molecule has 1 aromatic rings. The summed E-state index contributed by atoms with van der Waals surface area (Å²) in [5.74, 6) is 0.294. The van der Waals surface area contributed by atoms with Gasteiger partial charge < -0.3 is 4.74 Å². The molecule has 1 atom stereocenters. The molecule has 1 aromatic carbocycles. The molecule has 0 saturated heterocycles. The van der Waals surface area contributed by atoms with Gasteiger partial charge in [-0.1, -0.05) is 24.3 Å². The molecule has 2 heteroatoms. The average molecular weight is 204 g/mol. The number of rotatable bonds is 4. The van der Waals surface area contributed by atoms with Gasteiger partial charge in [-0.15, -0.1) is 0 Å². The second-order valence-corrected chi connectivity index (χ2v) is 4.28. The van der Waals surface area contributed by atoms with Crippen molar-refractivity contribution in [2.75, 3.05) is 6.61 Å². The van der Waals surface area contributed by atoms with Gasteiger partial charge >= 0.3 is 0 Å². The van der Waals surface area contributed by atoms with Crippen LogP contribution < -0.4 is 0 Å². The van der Waals surface area contributed by atoms with Crippen molar-refractivity contribution in [3.63, 3.8) is 0 Å². The van der Waals surface area contributed by atoms with Crippen LogP contribution in [0.2, 0.25) is 0 Å². The molecule has 1 aliphatic carbocycles. The van der Waals surface area contributed by atoms with Crippen LogP contribution in [-0.2, 0) is 16.0 Å². The van der Waals surface area contributed by atoms with Crippen LogP contribution in [-0.4, -0.2) is 18.5 Å². The summed E-state index contributed by atoms with van der Waals surface area (Å²) in [6, 6.07) is 8.13. The molecule has 2 rings (SSSR count). The van der Waals surface area contributed by atoms with Crippen LogP contribution in [0.3, 0.4) is 0 Å². The van der Waals surface area contributed by atoms with Crippen molar-refractivity contribution in [3.05, 3.63) is 35.4 Å². The Labute approximate surface area is 90.3 Å². The third kappa shape index (κ3) is 2.10. The topological polar surface area (TPSA) is 26.3 Å². The molecule has 0 radical (unpaired) electrons. The highest BCUT2D eigenvalue weighted by Crippen LogP contribution is 2.35. The summed E-state index contributed by atoms with van der Waals surface area (Å²) in [7, 11) is 0. The van der Waals surface area contributed by atoms with Gasteiger partial charge in [-0.3, -0.25) is 4.79 Å². The average Bonchev–Trinajstić information content (AvgIpc) is 2.17. The standard InChI is InChI=1S/C13H16O2/c1-9(2)15-8-13(14)12-7-10-5-3-4-6-11(10)12/h3-6,9,12H,7-8H2,1-2H3. The zero-order valence-electron chi connectivity index (χ0n) is 9.19. The Kier molecular flexibility index (Phi) is 2.87. The second kappa shape index (κ2) is 4.15. The minimum atomic E-state index is 0.0833. The van der Waals surface area contributed by atoms with E-state index in [1.54, 1.807) is 0 Å². The van der Waals surface area contributed by atoms with E-state index in [0.717, 1.165) is 6.42 Å². The van der Waals surface area contributed by atoms with Crippen LogP contribution in [0.1, 0.15) is 30.9 Å². The molecule has 2 nitrogen and oxygen atoms in total. The number of fused-ring (bicyclic) bond motifs is 1. The van der Waals surface area contributed by atoms with Crippen molar-refractivity contribution in [2.45, 2.75) is 32.3 Å². The third-order valence-electron chi connectivity index (χ3n) is 2.80. The molecule has 0 amide bonds. The molecule has 0 bridgehead atoms. The quantitative estimate of drug-likeness (QED) is 0.752. The predicted octanol–water partition coefficient (Wildman–Crippen LogP) is 2.32. The van der Waals surface area contributed by atoms with Gasteiger partial charge in [0.15, 0.2) is 5.78 Å². The van der Waals surface area contributed by atoms with E-state index < -0.39 is 0 Å². The van der Waals surface area contributed by atoms with Crippen LogP contribution in [0.25, 0.3) is 0 Å². The number of ketones is 1. The van der Waals surface area contributed by atoms with Crippen LogP contribution >= 0.6 is 0 Å². The first-order valence-corrected chi connectivity index (χ1v) is 5.40. The lowest BCUT2D eigenvalue weighted by Crippen LogP contribution is -2.28. The SMILES string of the molecule is CC(C)OCC(=O)C1Cc2ccccc21. The van der Waals surface area contributed by atoms with E-state index in [0.29, 0.717) is 0 Å². The predicted molar refractivity (Wildman–Crippen MR) is 59.0 cm³/mol. The van der Waals surface area contributed by atoms with Gasteiger partial charge in [0.05, 0.1) is 6.10 Å². The van der Waals surface area contributed by atoms with Gasteiger partial charge in [0.1, 0.15) is 6.61 Å². The molecule has 0 spiro atoms. The highest BCUT2D eigenvalue weighted by atomic mass is 16.5. The van der Waals surface area contributed by atoms with Gasteiger partial charge in [-0.25, -0.2) is 0 Å². The van der Waals surface area contributed by atoms with Crippen molar-refractivity contribution >= 4 is 5.78 Å². The first kappa shape index (κ1) is 10.4. The third-order valence-corrected chi connectivity index (χ3v) is 2.80. The van der Waals surface area contributed by atoms with E-state index in [-0.39, 0.29) is 24.4 Å². The minimum absolute atomic E-state index is 0.0833. The summed E-state index contributed by atoms with van der Waals surface area (Å²) in [4.78, 5) is 11.8. The van der Waals surface area contributed by atoms with Crippen molar-refractivity contribution in [3.8, 4) is 0 Å². The molecular formula is C13H16O2. The van der Waals surface area contributed by atoms with Crippen molar-refractivity contribution in [1.82, 2.24) is 0 Å². The molecule has 0 aliphatic heterocycles. The number of benzene rings is 1. The zero-order chi connectivity index (χ0) is 10.8. The maximum atomic E-state index is 11.8. The summed E-state index contributed by atoms with van der Waals surface area (Å²) in [5.41, 5.74) is 2.50. The van der Waals surface area contributed by atoms with Crippen LogP contribution in [0, 0.1) is 0 Å².